The van der Waals surface area contributed by atoms with Crippen molar-refractivity contribution in [2.24, 2.45) is 0 Å². The second-order valence-corrected chi connectivity index (χ2v) is 6.15. The summed E-state index contributed by atoms with van der Waals surface area (Å²) in [5.41, 5.74) is 0.634. The zero-order valence-electron chi connectivity index (χ0n) is 13.8. The van der Waals surface area contributed by atoms with Gasteiger partial charge < -0.3 is 14.4 Å². The molecule has 0 N–H and O–H groups in total. The number of hydrogen-bond donors (Lipinski definition) is 0. The number of hydrogen-bond acceptors (Lipinski definition) is 5. The SMILES string of the molecule is N#Cc1ccc(OCCN2CCN(C(=O)C3CCCO3)CC2)cc1. The molecule has 1 atom stereocenters. The number of benzene rings is 1. The number of piperazine rings is 1. The van der Waals surface area contributed by atoms with Crippen molar-refractivity contribution in [3.63, 3.8) is 0 Å². The Hall–Kier alpha value is -2.10. The molecule has 2 heterocycles. The van der Waals surface area contributed by atoms with E-state index in [2.05, 4.69) is 11.0 Å². The molecule has 1 aromatic rings. The molecule has 0 aliphatic carbocycles. The number of rotatable bonds is 5. The molecule has 0 radical (unpaired) electrons. The van der Waals surface area contributed by atoms with Crippen LogP contribution in [-0.4, -0.2) is 67.7 Å². The Morgan fingerprint density at radius 3 is 2.62 bits per heavy atom. The molecule has 6 heteroatoms. The molecule has 2 saturated heterocycles. The van der Waals surface area contributed by atoms with Gasteiger partial charge in [-0.1, -0.05) is 0 Å². The van der Waals surface area contributed by atoms with Gasteiger partial charge >= 0.3 is 0 Å². The summed E-state index contributed by atoms with van der Waals surface area (Å²) >= 11 is 0. The minimum atomic E-state index is -0.212. The van der Waals surface area contributed by atoms with Crippen LogP contribution in [0.25, 0.3) is 0 Å². The minimum absolute atomic E-state index is 0.154. The summed E-state index contributed by atoms with van der Waals surface area (Å²) in [6, 6.07) is 9.23. The van der Waals surface area contributed by atoms with Gasteiger partial charge in [-0.2, -0.15) is 5.26 Å². The van der Waals surface area contributed by atoms with E-state index in [1.807, 2.05) is 17.0 Å². The van der Waals surface area contributed by atoms with Crippen molar-refractivity contribution in [3.8, 4) is 11.8 Å². The summed E-state index contributed by atoms with van der Waals surface area (Å²) < 4.78 is 11.2. The fraction of sp³-hybridized carbons (Fsp3) is 0.556. The van der Waals surface area contributed by atoms with Crippen molar-refractivity contribution in [2.75, 3.05) is 45.9 Å². The van der Waals surface area contributed by atoms with Crippen molar-refractivity contribution < 1.29 is 14.3 Å². The first kappa shape index (κ1) is 16.7. The predicted molar refractivity (Wildman–Crippen MR) is 88.6 cm³/mol. The molecule has 6 nitrogen and oxygen atoms in total. The number of carbonyl (C=O) groups is 1. The first-order chi connectivity index (χ1) is 11.8. The second-order valence-electron chi connectivity index (χ2n) is 6.15. The molecular weight excluding hydrogens is 306 g/mol. The molecule has 1 unspecified atom stereocenters. The van der Waals surface area contributed by atoms with Gasteiger partial charge in [-0.3, -0.25) is 9.69 Å². The van der Waals surface area contributed by atoms with Gasteiger partial charge in [-0.25, -0.2) is 0 Å². The van der Waals surface area contributed by atoms with E-state index >= 15 is 0 Å². The van der Waals surface area contributed by atoms with Gasteiger partial charge in [0.15, 0.2) is 0 Å². The van der Waals surface area contributed by atoms with Crippen LogP contribution in [-0.2, 0) is 9.53 Å². The van der Waals surface area contributed by atoms with Gasteiger partial charge in [0.2, 0.25) is 0 Å². The van der Waals surface area contributed by atoms with E-state index in [-0.39, 0.29) is 12.0 Å². The molecule has 0 saturated carbocycles. The summed E-state index contributed by atoms with van der Waals surface area (Å²) in [5.74, 6) is 0.933. The Balaban J connectivity index is 1.36. The van der Waals surface area contributed by atoms with E-state index in [1.54, 1.807) is 12.1 Å². The first-order valence-electron chi connectivity index (χ1n) is 8.52. The Kier molecular flexibility index (Phi) is 5.68. The van der Waals surface area contributed by atoms with Crippen molar-refractivity contribution >= 4 is 5.91 Å². The third kappa shape index (κ3) is 4.25. The monoisotopic (exact) mass is 329 g/mol. The molecule has 0 aromatic heterocycles. The minimum Gasteiger partial charge on any atom is -0.492 e. The zero-order chi connectivity index (χ0) is 16.8. The number of carbonyl (C=O) groups excluding carboxylic acids is 1. The maximum absolute atomic E-state index is 12.3. The maximum Gasteiger partial charge on any atom is 0.251 e. The zero-order valence-corrected chi connectivity index (χ0v) is 13.8. The highest BCUT2D eigenvalue weighted by Crippen LogP contribution is 2.16. The van der Waals surface area contributed by atoms with E-state index < -0.39 is 0 Å². The van der Waals surface area contributed by atoms with Crippen LogP contribution < -0.4 is 4.74 Å². The molecule has 0 spiro atoms. The number of nitriles is 1. The highest BCUT2D eigenvalue weighted by Gasteiger charge is 2.30. The standard InChI is InChI=1S/C18H23N3O3/c19-14-15-3-5-16(6-4-15)23-13-11-20-7-9-21(10-8-20)18(22)17-2-1-12-24-17/h3-6,17H,1-2,7-13H2. The summed E-state index contributed by atoms with van der Waals surface area (Å²) in [5, 5.41) is 8.77. The lowest BCUT2D eigenvalue weighted by atomic mass is 10.2. The van der Waals surface area contributed by atoms with Gasteiger partial charge in [0.05, 0.1) is 11.6 Å². The lowest BCUT2D eigenvalue weighted by Gasteiger charge is -2.35. The van der Waals surface area contributed by atoms with Crippen LogP contribution in [0.3, 0.4) is 0 Å². The second kappa shape index (κ2) is 8.13. The van der Waals surface area contributed by atoms with Crippen LogP contribution in [0.1, 0.15) is 18.4 Å². The first-order valence-corrected chi connectivity index (χ1v) is 8.52. The number of ether oxygens (including phenoxy) is 2. The molecule has 1 aromatic carbocycles. The lowest BCUT2D eigenvalue weighted by Crippen LogP contribution is -2.52. The third-order valence-corrected chi connectivity index (χ3v) is 4.55. The Labute approximate surface area is 142 Å². The van der Waals surface area contributed by atoms with Crippen molar-refractivity contribution in [3.05, 3.63) is 29.8 Å². The Morgan fingerprint density at radius 1 is 1.25 bits per heavy atom. The Bertz CT molecular complexity index is 583. The highest BCUT2D eigenvalue weighted by atomic mass is 16.5. The number of amides is 1. The summed E-state index contributed by atoms with van der Waals surface area (Å²) in [4.78, 5) is 16.5. The van der Waals surface area contributed by atoms with E-state index in [9.17, 15) is 4.79 Å². The fourth-order valence-corrected chi connectivity index (χ4v) is 3.09. The average molecular weight is 329 g/mol. The van der Waals surface area contributed by atoms with E-state index in [4.69, 9.17) is 14.7 Å². The van der Waals surface area contributed by atoms with Crippen LogP contribution in [0.15, 0.2) is 24.3 Å². The predicted octanol–water partition coefficient (Wildman–Crippen LogP) is 1.26. The molecular formula is C18H23N3O3. The summed E-state index contributed by atoms with van der Waals surface area (Å²) in [6.45, 7) is 5.41. The van der Waals surface area contributed by atoms with Crippen LogP contribution in [0.5, 0.6) is 5.75 Å². The van der Waals surface area contributed by atoms with Crippen LogP contribution in [0.2, 0.25) is 0 Å². The van der Waals surface area contributed by atoms with Crippen molar-refractivity contribution in [1.82, 2.24) is 9.80 Å². The molecule has 0 bridgehead atoms. The van der Waals surface area contributed by atoms with Gasteiger partial charge in [-0.05, 0) is 37.1 Å². The highest BCUT2D eigenvalue weighted by molar-refractivity contribution is 5.81. The average Bonchev–Trinajstić information content (AvgIpc) is 3.17. The smallest absolute Gasteiger partial charge is 0.251 e. The summed E-state index contributed by atoms with van der Waals surface area (Å²) in [7, 11) is 0. The van der Waals surface area contributed by atoms with Crippen LogP contribution in [0.4, 0.5) is 0 Å². The largest absolute Gasteiger partial charge is 0.492 e. The molecule has 1 amide bonds. The van der Waals surface area contributed by atoms with Gasteiger partial charge in [0.1, 0.15) is 18.5 Å². The topological polar surface area (TPSA) is 65.8 Å². The molecule has 2 aliphatic heterocycles. The van der Waals surface area contributed by atoms with Crippen molar-refractivity contribution in [1.29, 1.82) is 5.26 Å². The normalized spacial score (nSPS) is 21.5. The summed E-state index contributed by atoms with van der Waals surface area (Å²) in [6.07, 6.45) is 1.64. The third-order valence-electron chi connectivity index (χ3n) is 4.55. The van der Waals surface area contributed by atoms with Crippen LogP contribution in [0, 0.1) is 11.3 Å². The lowest BCUT2D eigenvalue weighted by molar-refractivity contribution is -0.142. The maximum atomic E-state index is 12.3. The van der Waals surface area contributed by atoms with Gasteiger partial charge in [0, 0.05) is 39.3 Å². The molecule has 3 rings (SSSR count). The number of nitrogens with zero attached hydrogens (tertiary/aromatic N) is 3. The molecule has 24 heavy (non-hydrogen) atoms. The van der Waals surface area contributed by atoms with Crippen molar-refractivity contribution in [2.45, 2.75) is 18.9 Å². The Morgan fingerprint density at radius 2 is 2.00 bits per heavy atom. The van der Waals surface area contributed by atoms with Gasteiger partial charge in [0.25, 0.3) is 5.91 Å². The quantitative estimate of drug-likeness (QED) is 0.814. The van der Waals surface area contributed by atoms with E-state index in [0.29, 0.717) is 18.8 Å². The molecule has 2 aliphatic rings. The fourth-order valence-electron chi connectivity index (χ4n) is 3.09. The molecule has 2 fully saturated rings. The van der Waals surface area contributed by atoms with E-state index in [0.717, 1.165) is 51.3 Å². The molecule has 128 valence electrons. The van der Waals surface area contributed by atoms with Gasteiger partial charge in [-0.15, -0.1) is 0 Å². The van der Waals surface area contributed by atoms with E-state index in [1.165, 1.54) is 0 Å². The van der Waals surface area contributed by atoms with Crippen LogP contribution >= 0.6 is 0 Å².